The Morgan fingerprint density at radius 1 is 1.19 bits per heavy atom. The summed E-state index contributed by atoms with van der Waals surface area (Å²) < 4.78 is 32.7. The first kappa shape index (κ1) is 21.0. The first-order chi connectivity index (χ1) is 12.3. The summed E-state index contributed by atoms with van der Waals surface area (Å²) in [6.45, 7) is 1.80. The van der Waals surface area contributed by atoms with Crippen LogP contribution in [0.15, 0.2) is 41.3 Å². The molecule has 0 unspecified atom stereocenters. The molecule has 0 bridgehead atoms. The molecule has 2 aromatic carbocycles. The Morgan fingerprint density at radius 3 is 2.52 bits per heavy atom. The molecule has 0 aliphatic heterocycles. The van der Waals surface area contributed by atoms with Crippen molar-refractivity contribution in [2.75, 3.05) is 18.2 Å². The van der Waals surface area contributed by atoms with Gasteiger partial charge in [-0.2, -0.15) is 0 Å². The molecule has 1 amide bonds. The van der Waals surface area contributed by atoms with Crippen LogP contribution in [0.1, 0.15) is 28.8 Å². The number of benzene rings is 2. The van der Waals surface area contributed by atoms with E-state index >= 15 is 0 Å². The largest absolute Gasteiger partial charge is 0.495 e. The smallest absolute Gasteiger partial charge is 0.256 e. The lowest BCUT2D eigenvalue weighted by molar-refractivity contribution is 0.102. The minimum atomic E-state index is -3.64. The van der Waals surface area contributed by atoms with Crippen LogP contribution in [0.25, 0.3) is 0 Å². The van der Waals surface area contributed by atoms with Crippen LogP contribution in [0, 0.1) is 6.92 Å². The number of anilines is 2. The van der Waals surface area contributed by atoms with E-state index in [4.69, 9.17) is 10.5 Å². The van der Waals surface area contributed by atoms with E-state index in [1.807, 2.05) is 0 Å². The molecule has 9 heteroatoms. The highest BCUT2D eigenvalue weighted by molar-refractivity contribution is 7.89. The van der Waals surface area contributed by atoms with Crippen LogP contribution < -0.4 is 20.5 Å². The van der Waals surface area contributed by atoms with Crippen molar-refractivity contribution in [3.63, 3.8) is 0 Å². The molecule has 27 heavy (non-hydrogen) atoms. The Hall–Kier alpha value is -2.29. The maximum Gasteiger partial charge on any atom is 0.256 e. The first-order valence-electron chi connectivity index (χ1n) is 8.18. The summed E-state index contributed by atoms with van der Waals surface area (Å²) in [5.41, 5.74) is 7.67. The molecule has 2 aromatic rings. The van der Waals surface area contributed by atoms with Gasteiger partial charge >= 0.3 is 0 Å². The lowest BCUT2D eigenvalue weighted by atomic mass is 10.1. The van der Waals surface area contributed by atoms with Crippen molar-refractivity contribution in [3.8, 4) is 5.75 Å². The number of methoxy groups -OCH3 is 1. The van der Waals surface area contributed by atoms with Crippen LogP contribution in [0.4, 0.5) is 11.4 Å². The molecule has 0 atom stereocenters. The van der Waals surface area contributed by atoms with Gasteiger partial charge < -0.3 is 15.8 Å². The second kappa shape index (κ2) is 8.16. The van der Waals surface area contributed by atoms with Crippen LogP contribution >= 0.6 is 12.4 Å². The molecule has 7 nitrogen and oxygen atoms in total. The number of carbonyl (C=O) groups is 1. The Kier molecular flexibility index (Phi) is 6.35. The van der Waals surface area contributed by atoms with Crippen LogP contribution in [0.3, 0.4) is 0 Å². The SMILES string of the molecule is COc1ccc(S(=O)(=O)NC2CC2)cc1NC(=O)c1cc(N)ccc1C.Cl. The second-order valence-corrected chi connectivity index (χ2v) is 8.00. The number of rotatable bonds is 6. The normalized spacial score (nSPS) is 13.6. The fourth-order valence-electron chi connectivity index (χ4n) is 2.51. The molecule has 4 N–H and O–H groups in total. The monoisotopic (exact) mass is 411 g/mol. The van der Waals surface area contributed by atoms with Gasteiger partial charge in [0.2, 0.25) is 10.0 Å². The van der Waals surface area contributed by atoms with E-state index in [9.17, 15) is 13.2 Å². The summed E-state index contributed by atoms with van der Waals surface area (Å²) in [5.74, 6) is -0.0249. The average molecular weight is 412 g/mol. The quantitative estimate of drug-likeness (QED) is 0.633. The number of hydrogen-bond acceptors (Lipinski definition) is 5. The molecule has 3 rings (SSSR count). The topological polar surface area (TPSA) is 111 Å². The molecular formula is C18H22ClN3O4S. The molecule has 0 spiro atoms. The van der Waals surface area contributed by atoms with Gasteiger partial charge in [0.05, 0.1) is 17.7 Å². The van der Waals surface area contributed by atoms with Crippen molar-refractivity contribution >= 4 is 39.7 Å². The number of aryl methyl sites for hydroxylation is 1. The van der Waals surface area contributed by atoms with Crippen molar-refractivity contribution in [2.45, 2.75) is 30.7 Å². The van der Waals surface area contributed by atoms with Gasteiger partial charge in [0.15, 0.2) is 0 Å². The number of hydrogen-bond donors (Lipinski definition) is 3. The number of amides is 1. The summed E-state index contributed by atoms with van der Waals surface area (Å²) in [5, 5.41) is 2.72. The number of nitrogen functional groups attached to an aromatic ring is 1. The fraction of sp³-hybridized carbons (Fsp3) is 0.278. The molecule has 0 radical (unpaired) electrons. The number of ether oxygens (including phenoxy) is 1. The third-order valence-electron chi connectivity index (χ3n) is 4.13. The van der Waals surface area contributed by atoms with E-state index < -0.39 is 15.9 Å². The Labute approximate surface area is 164 Å². The van der Waals surface area contributed by atoms with Crippen LogP contribution in [0.2, 0.25) is 0 Å². The molecule has 0 heterocycles. The summed E-state index contributed by atoms with van der Waals surface area (Å²) in [6, 6.07) is 9.39. The molecule has 1 aliphatic rings. The maximum absolute atomic E-state index is 12.6. The van der Waals surface area contributed by atoms with Gasteiger partial charge in [-0.05, 0) is 55.7 Å². The summed E-state index contributed by atoms with van der Waals surface area (Å²) in [6.07, 6.45) is 1.68. The minimum absolute atomic E-state index is 0. The molecular weight excluding hydrogens is 390 g/mol. The lowest BCUT2D eigenvalue weighted by Crippen LogP contribution is -2.26. The Bertz CT molecular complexity index is 959. The number of carbonyl (C=O) groups excluding carboxylic acids is 1. The zero-order valence-electron chi connectivity index (χ0n) is 15.0. The fourth-order valence-corrected chi connectivity index (χ4v) is 3.85. The zero-order valence-corrected chi connectivity index (χ0v) is 16.6. The van der Waals surface area contributed by atoms with E-state index in [-0.39, 0.29) is 29.0 Å². The van der Waals surface area contributed by atoms with Crippen molar-refractivity contribution in [1.29, 1.82) is 0 Å². The summed E-state index contributed by atoms with van der Waals surface area (Å²) in [7, 11) is -2.18. The average Bonchev–Trinajstić information content (AvgIpc) is 3.40. The minimum Gasteiger partial charge on any atom is -0.495 e. The predicted molar refractivity (Wildman–Crippen MR) is 107 cm³/mol. The van der Waals surface area contributed by atoms with Crippen molar-refractivity contribution in [1.82, 2.24) is 4.72 Å². The van der Waals surface area contributed by atoms with Crippen LogP contribution in [-0.2, 0) is 10.0 Å². The third kappa shape index (κ3) is 4.91. The van der Waals surface area contributed by atoms with E-state index in [1.165, 1.54) is 25.3 Å². The van der Waals surface area contributed by atoms with Crippen LogP contribution in [-0.4, -0.2) is 27.5 Å². The number of sulfonamides is 1. The van der Waals surface area contributed by atoms with Gasteiger partial charge in [0, 0.05) is 17.3 Å². The van der Waals surface area contributed by atoms with E-state index in [1.54, 1.807) is 25.1 Å². The van der Waals surface area contributed by atoms with Crippen molar-refractivity contribution < 1.29 is 17.9 Å². The van der Waals surface area contributed by atoms with Crippen molar-refractivity contribution in [2.24, 2.45) is 0 Å². The summed E-state index contributed by atoms with van der Waals surface area (Å²) in [4.78, 5) is 12.7. The zero-order chi connectivity index (χ0) is 18.9. The molecule has 0 aromatic heterocycles. The molecule has 1 aliphatic carbocycles. The van der Waals surface area contributed by atoms with Crippen molar-refractivity contribution in [3.05, 3.63) is 47.5 Å². The van der Waals surface area contributed by atoms with Gasteiger partial charge in [-0.25, -0.2) is 13.1 Å². The van der Waals surface area contributed by atoms with E-state index in [0.717, 1.165) is 18.4 Å². The predicted octanol–water partition coefficient (Wildman–Crippen LogP) is 2.70. The lowest BCUT2D eigenvalue weighted by Gasteiger charge is -2.14. The Balaban J connectivity index is 0.00000261. The summed E-state index contributed by atoms with van der Waals surface area (Å²) >= 11 is 0. The van der Waals surface area contributed by atoms with Gasteiger partial charge in [-0.1, -0.05) is 6.07 Å². The Morgan fingerprint density at radius 2 is 1.89 bits per heavy atom. The number of nitrogens with two attached hydrogens (primary N) is 1. The highest BCUT2D eigenvalue weighted by atomic mass is 35.5. The van der Waals surface area contributed by atoms with Gasteiger partial charge in [-0.3, -0.25) is 4.79 Å². The second-order valence-electron chi connectivity index (χ2n) is 6.29. The molecule has 146 valence electrons. The highest BCUT2D eigenvalue weighted by Gasteiger charge is 2.28. The van der Waals surface area contributed by atoms with Crippen LogP contribution in [0.5, 0.6) is 5.75 Å². The van der Waals surface area contributed by atoms with Gasteiger partial charge in [0.1, 0.15) is 5.75 Å². The molecule has 0 saturated heterocycles. The highest BCUT2D eigenvalue weighted by Crippen LogP contribution is 2.30. The number of nitrogens with one attached hydrogen (secondary N) is 2. The molecule has 1 saturated carbocycles. The molecule has 1 fully saturated rings. The van der Waals surface area contributed by atoms with E-state index in [0.29, 0.717) is 17.0 Å². The first-order valence-corrected chi connectivity index (χ1v) is 9.66. The van der Waals surface area contributed by atoms with Gasteiger partial charge in [0.25, 0.3) is 5.91 Å². The third-order valence-corrected chi connectivity index (χ3v) is 5.65. The maximum atomic E-state index is 12.6. The van der Waals surface area contributed by atoms with E-state index in [2.05, 4.69) is 10.0 Å². The standard InChI is InChI=1S/C18H21N3O4S.ClH/c1-11-3-4-12(19)9-15(11)18(22)20-16-10-14(7-8-17(16)25-2)26(23,24)21-13-5-6-13;/h3-4,7-10,13,21H,5-6,19H2,1-2H3,(H,20,22);1H. The van der Waals surface area contributed by atoms with Gasteiger partial charge in [-0.15, -0.1) is 12.4 Å². The number of halogens is 1.